The molecule has 0 aliphatic carbocycles. The Morgan fingerprint density at radius 1 is 1.31 bits per heavy atom. The summed E-state index contributed by atoms with van der Waals surface area (Å²) in [4.78, 5) is 2.14. The lowest BCUT2D eigenvalue weighted by molar-refractivity contribution is 1.01. The van der Waals surface area contributed by atoms with Crippen LogP contribution < -0.4 is 16.4 Å². The van der Waals surface area contributed by atoms with Gasteiger partial charge >= 0.3 is 0 Å². The van der Waals surface area contributed by atoms with Crippen molar-refractivity contribution in [3.8, 4) is 0 Å². The van der Waals surface area contributed by atoms with Crippen LogP contribution in [0.25, 0.3) is 5.70 Å². The summed E-state index contributed by atoms with van der Waals surface area (Å²) in [6.07, 6.45) is 2.00. The Bertz CT molecular complexity index is 368. The van der Waals surface area contributed by atoms with E-state index in [1.54, 1.807) is 0 Å². The van der Waals surface area contributed by atoms with Gasteiger partial charge in [-0.1, -0.05) is 0 Å². The van der Waals surface area contributed by atoms with Crippen molar-refractivity contribution in [2.24, 2.45) is 5.73 Å². The minimum Gasteiger partial charge on any atom is -0.399 e. The van der Waals surface area contributed by atoms with Gasteiger partial charge in [0.1, 0.15) is 0 Å². The molecule has 0 aromatic heterocycles. The number of nitrogens with zero attached hydrogens (tertiary/aromatic N) is 1. The van der Waals surface area contributed by atoms with E-state index in [2.05, 4.69) is 4.90 Å². The van der Waals surface area contributed by atoms with E-state index in [9.17, 15) is 0 Å². The maximum absolute atomic E-state index is 5.86. The van der Waals surface area contributed by atoms with Crippen LogP contribution in [0, 0.1) is 0 Å². The van der Waals surface area contributed by atoms with Gasteiger partial charge in [-0.25, -0.2) is 0 Å². The Kier molecular flexibility index (Phi) is 1.65. The van der Waals surface area contributed by atoms with Gasteiger partial charge in [-0.05, 0) is 24.3 Å². The van der Waals surface area contributed by atoms with Crippen LogP contribution in [0.4, 0.5) is 11.4 Å². The number of likely N-dealkylation sites (N-methyl/N-ethyl adjacent to an activating group) is 1. The van der Waals surface area contributed by atoms with Crippen LogP contribution in [0.15, 0.2) is 24.3 Å². The predicted octanol–water partition coefficient (Wildman–Crippen LogP) is 1.02. The van der Waals surface area contributed by atoms with Crippen LogP contribution in [-0.2, 0) is 0 Å². The smallest absolute Gasteiger partial charge is 0.0462 e. The Morgan fingerprint density at radius 2 is 2.08 bits per heavy atom. The molecular formula is C10H13N3. The highest BCUT2D eigenvalue weighted by molar-refractivity contribution is 5.80. The first-order chi connectivity index (χ1) is 6.18. The summed E-state index contributed by atoms with van der Waals surface area (Å²) in [6.45, 7) is 0.864. The summed E-state index contributed by atoms with van der Waals surface area (Å²) in [5.41, 5.74) is 15.3. The topological polar surface area (TPSA) is 55.3 Å². The first-order valence-electron chi connectivity index (χ1n) is 4.25. The molecule has 1 aliphatic heterocycles. The molecule has 1 aromatic carbocycles. The van der Waals surface area contributed by atoms with Crippen molar-refractivity contribution < 1.29 is 0 Å². The molecule has 68 valence electrons. The van der Waals surface area contributed by atoms with E-state index in [-0.39, 0.29) is 0 Å². The van der Waals surface area contributed by atoms with Crippen molar-refractivity contribution in [1.82, 2.24) is 0 Å². The number of nitrogen functional groups attached to an aromatic ring is 1. The summed E-state index contributed by atoms with van der Waals surface area (Å²) in [5, 5.41) is 0. The van der Waals surface area contributed by atoms with E-state index in [1.165, 1.54) is 0 Å². The van der Waals surface area contributed by atoms with E-state index >= 15 is 0 Å². The van der Waals surface area contributed by atoms with Gasteiger partial charge in [-0.2, -0.15) is 0 Å². The molecule has 0 saturated carbocycles. The van der Waals surface area contributed by atoms with Gasteiger partial charge in [0.2, 0.25) is 0 Å². The van der Waals surface area contributed by atoms with E-state index < -0.39 is 0 Å². The van der Waals surface area contributed by atoms with Gasteiger partial charge in [0.25, 0.3) is 0 Å². The van der Waals surface area contributed by atoms with Gasteiger partial charge in [-0.15, -0.1) is 0 Å². The molecule has 4 N–H and O–H groups in total. The molecule has 1 aromatic rings. The third kappa shape index (κ3) is 1.22. The third-order valence-corrected chi connectivity index (χ3v) is 2.33. The second-order valence-electron chi connectivity index (χ2n) is 3.32. The summed E-state index contributed by atoms with van der Waals surface area (Å²) in [6, 6.07) is 5.81. The van der Waals surface area contributed by atoms with E-state index in [1.807, 2.05) is 31.3 Å². The monoisotopic (exact) mass is 175 g/mol. The van der Waals surface area contributed by atoms with E-state index in [0.29, 0.717) is 0 Å². The summed E-state index contributed by atoms with van der Waals surface area (Å²) in [5.74, 6) is 0. The second-order valence-corrected chi connectivity index (χ2v) is 3.32. The van der Waals surface area contributed by atoms with Crippen molar-refractivity contribution in [3.05, 3.63) is 29.8 Å². The van der Waals surface area contributed by atoms with Gasteiger partial charge in [0.05, 0.1) is 0 Å². The zero-order valence-corrected chi connectivity index (χ0v) is 7.62. The first-order valence-corrected chi connectivity index (χ1v) is 4.25. The Hall–Kier alpha value is -1.64. The van der Waals surface area contributed by atoms with Crippen LogP contribution in [0.2, 0.25) is 0 Å². The maximum atomic E-state index is 5.86. The number of benzene rings is 1. The van der Waals surface area contributed by atoms with Gasteiger partial charge in [0.15, 0.2) is 0 Å². The van der Waals surface area contributed by atoms with Gasteiger partial charge in [0, 0.05) is 36.2 Å². The molecule has 0 unspecified atom stereocenters. The van der Waals surface area contributed by atoms with E-state index in [4.69, 9.17) is 11.5 Å². The SMILES string of the molecule is CN1CC=C(N)c2cc(N)ccc21. The summed E-state index contributed by atoms with van der Waals surface area (Å²) in [7, 11) is 2.04. The summed E-state index contributed by atoms with van der Waals surface area (Å²) < 4.78 is 0. The standard InChI is InChI=1S/C10H13N3/c1-13-5-4-9(12)8-6-7(11)2-3-10(8)13/h2-4,6H,5,11-12H2,1H3. The minimum atomic E-state index is 0.755. The average molecular weight is 175 g/mol. The lowest BCUT2D eigenvalue weighted by Crippen LogP contribution is -2.23. The molecular weight excluding hydrogens is 162 g/mol. The molecule has 0 bridgehead atoms. The molecule has 0 amide bonds. The molecule has 1 aliphatic rings. The van der Waals surface area contributed by atoms with Crippen molar-refractivity contribution in [1.29, 1.82) is 0 Å². The highest BCUT2D eigenvalue weighted by Gasteiger charge is 2.13. The highest BCUT2D eigenvalue weighted by atomic mass is 15.1. The molecule has 3 heteroatoms. The molecule has 0 spiro atoms. The van der Waals surface area contributed by atoms with Crippen molar-refractivity contribution >= 4 is 17.1 Å². The first kappa shape index (κ1) is 7.98. The minimum absolute atomic E-state index is 0.755. The Morgan fingerprint density at radius 3 is 2.85 bits per heavy atom. The number of hydrogen-bond donors (Lipinski definition) is 2. The number of anilines is 2. The quantitative estimate of drug-likeness (QED) is 0.579. The molecule has 0 radical (unpaired) electrons. The van der Waals surface area contributed by atoms with Crippen LogP contribution in [0.3, 0.4) is 0 Å². The van der Waals surface area contributed by atoms with Crippen LogP contribution in [-0.4, -0.2) is 13.6 Å². The van der Waals surface area contributed by atoms with Crippen molar-refractivity contribution in [2.45, 2.75) is 0 Å². The van der Waals surface area contributed by atoms with E-state index in [0.717, 1.165) is 29.2 Å². The average Bonchev–Trinajstić information content (AvgIpc) is 2.12. The molecule has 3 nitrogen and oxygen atoms in total. The fraction of sp³-hybridized carbons (Fsp3) is 0.200. The van der Waals surface area contributed by atoms with Crippen molar-refractivity contribution in [3.63, 3.8) is 0 Å². The normalized spacial score (nSPS) is 15.2. The fourth-order valence-corrected chi connectivity index (χ4v) is 1.56. The van der Waals surface area contributed by atoms with Crippen molar-refractivity contribution in [2.75, 3.05) is 24.2 Å². The molecule has 2 rings (SSSR count). The van der Waals surface area contributed by atoms with Gasteiger partial charge < -0.3 is 16.4 Å². The molecule has 13 heavy (non-hydrogen) atoms. The number of hydrogen-bond acceptors (Lipinski definition) is 3. The Labute approximate surface area is 77.6 Å². The third-order valence-electron chi connectivity index (χ3n) is 2.33. The molecule has 0 fully saturated rings. The highest BCUT2D eigenvalue weighted by Crippen LogP contribution is 2.29. The lowest BCUT2D eigenvalue weighted by atomic mass is 10.0. The zero-order valence-electron chi connectivity index (χ0n) is 7.62. The summed E-state index contributed by atoms with van der Waals surface area (Å²) >= 11 is 0. The Balaban J connectivity index is 2.60. The maximum Gasteiger partial charge on any atom is 0.0462 e. The van der Waals surface area contributed by atoms with Crippen LogP contribution >= 0.6 is 0 Å². The molecule has 0 atom stereocenters. The lowest BCUT2D eigenvalue weighted by Gasteiger charge is -2.25. The van der Waals surface area contributed by atoms with Crippen LogP contribution in [0.1, 0.15) is 5.56 Å². The molecule has 0 saturated heterocycles. The fourth-order valence-electron chi connectivity index (χ4n) is 1.56. The number of rotatable bonds is 0. The zero-order chi connectivity index (χ0) is 9.42. The second kappa shape index (κ2) is 2.69. The largest absolute Gasteiger partial charge is 0.399 e. The molecule has 1 heterocycles. The number of nitrogens with two attached hydrogens (primary N) is 2. The predicted molar refractivity (Wildman–Crippen MR) is 56.3 cm³/mol. The number of fused-ring (bicyclic) bond motifs is 1. The van der Waals surface area contributed by atoms with Gasteiger partial charge in [-0.3, -0.25) is 0 Å². The van der Waals surface area contributed by atoms with Crippen LogP contribution in [0.5, 0.6) is 0 Å².